The standard InChI is InChI=1S/C16H25N3O/c1-2-17-13-16(20)18-12-15(19-10-6-7-11-19)14-8-4-3-5-9-14/h3-5,8-9,15,17H,2,6-7,10-13H2,1H3,(H,18,20). The maximum Gasteiger partial charge on any atom is 0.234 e. The average Bonchev–Trinajstić information content (AvgIpc) is 3.00. The van der Waals surface area contributed by atoms with Gasteiger partial charge in [0.25, 0.3) is 0 Å². The molecule has 1 atom stereocenters. The minimum atomic E-state index is 0.0759. The molecule has 1 saturated heterocycles. The van der Waals surface area contributed by atoms with Crippen LogP contribution in [0.25, 0.3) is 0 Å². The molecule has 0 aromatic heterocycles. The first-order valence-corrected chi connectivity index (χ1v) is 7.57. The molecule has 4 heteroatoms. The number of amides is 1. The second-order valence-electron chi connectivity index (χ2n) is 5.25. The second-order valence-corrected chi connectivity index (χ2v) is 5.25. The fourth-order valence-electron chi connectivity index (χ4n) is 2.70. The molecular formula is C16H25N3O. The average molecular weight is 275 g/mol. The molecule has 1 aliphatic rings. The summed E-state index contributed by atoms with van der Waals surface area (Å²) in [6, 6.07) is 10.8. The van der Waals surface area contributed by atoms with Gasteiger partial charge in [-0.25, -0.2) is 0 Å². The molecule has 1 aliphatic heterocycles. The summed E-state index contributed by atoms with van der Waals surface area (Å²) in [5.41, 5.74) is 1.29. The molecule has 0 radical (unpaired) electrons. The van der Waals surface area contributed by atoms with Gasteiger partial charge in [-0.1, -0.05) is 37.3 Å². The fraction of sp³-hybridized carbons (Fsp3) is 0.562. The zero-order valence-electron chi connectivity index (χ0n) is 12.3. The molecule has 2 N–H and O–H groups in total. The summed E-state index contributed by atoms with van der Waals surface area (Å²) >= 11 is 0. The highest BCUT2D eigenvalue weighted by molar-refractivity contribution is 5.78. The van der Waals surface area contributed by atoms with Gasteiger partial charge in [-0.3, -0.25) is 9.69 Å². The molecule has 1 heterocycles. The van der Waals surface area contributed by atoms with Crippen molar-refractivity contribution in [3.8, 4) is 0 Å². The largest absolute Gasteiger partial charge is 0.353 e. The van der Waals surface area contributed by atoms with E-state index in [1.807, 2.05) is 13.0 Å². The van der Waals surface area contributed by atoms with Crippen molar-refractivity contribution in [2.45, 2.75) is 25.8 Å². The van der Waals surface area contributed by atoms with E-state index >= 15 is 0 Å². The highest BCUT2D eigenvalue weighted by Gasteiger charge is 2.23. The van der Waals surface area contributed by atoms with Crippen LogP contribution in [0.1, 0.15) is 31.4 Å². The van der Waals surface area contributed by atoms with Crippen LogP contribution in [0.2, 0.25) is 0 Å². The monoisotopic (exact) mass is 275 g/mol. The van der Waals surface area contributed by atoms with Crippen LogP contribution in [0, 0.1) is 0 Å². The molecule has 0 aliphatic carbocycles. The first kappa shape index (κ1) is 15.0. The van der Waals surface area contributed by atoms with Gasteiger partial charge in [0.15, 0.2) is 0 Å². The predicted octanol–water partition coefficient (Wildman–Crippen LogP) is 1.55. The van der Waals surface area contributed by atoms with E-state index in [0.717, 1.165) is 19.6 Å². The molecule has 20 heavy (non-hydrogen) atoms. The van der Waals surface area contributed by atoms with Crippen LogP contribution in [-0.2, 0) is 4.79 Å². The Morgan fingerprint density at radius 1 is 1.25 bits per heavy atom. The van der Waals surface area contributed by atoms with Gasteiger partial charge in [-0.2, -0.15) is 0 Å². The van der Waals surface area contributed by atoms with E-state index in [4.69, 9.17) is 0 Å². The van der Waals surface area contributed by atoms with E-state index in [1.54, 1.807) is 0 Å². The molecule has 1 amide bonds. The zero-order valence-corrected chi connectivity index (χ0v) is 12.3. The third-order valence-corrected chi connectivity index (χ3v) is 3.79. The smallest absolute Gasteiger partial charge is 0.234 e. The Bertz CT molecular complexity index is 401. The lowest BCUT2D eigenvalue weighted by molar-refractivity contribution is -0.120. The maximum absolute atomic E-state index is 11.8. The number of carbonyl (C=O) groups is 1. The summed E-state index contributed by atoms with van der Waals surface area (Å²) in [4.78, 5) is 14.2. The lowest BCUT2D eigenvalue weighted by atomic mass is 10.1. The topological polar surface area (TPSA) is 44.4 Å². The van der Waals surface area contributed by atoms with Gasteiger partial charge < -0.3 is 10.6 Å². The third-order valence-electron chi connectivity index (χ3n) is 3.79. The Hall–Kier alpha value is -1.39. The summed E-state index contributed by atoms with van der Waals surface area (Å²) < 4.78 is 0. The van der Waals surface area contributed by atoms with Crippen molar-refractivity contribution in [2.24, 2.45) is 0 Å². The number of rotatable bonds is 7. The van der Waals surface area contributed by atoms with E-state index in [0.29, 0.717) is 19.1 Å². The molecule has 110 valence electrons. The predicted molar refractivity (Wildman–Crippen MR) is 81.5 cm³/mol. The number of nitrogens with zero attached hydrogens (tertiary/aromatic N) is 1. The molecule has 0 spiro atoms. The molecule has 1 aromatic rings. The number of benzene rings is 1. The number of likely N-dealkylation sites (N-methyl/N-ethyl adjacent to an activating group) is 1. The lowest BCUT2D eigenvalue weighted by Crippen LogP contribution is -2.40. The van der Waals surface area contributed by atoms with Gasteiger partial charge in [0, 0.05) is 6.54 Å². The van der Waals surface area contributed by atoms with Gasteiger partial charge in [0.2, 0.25) is 5.91 Å². The van der Waals surface area contributed by atoms with Crippen LogP contribution in [0.15, 0.2) is 30.3 Å². The Labute approximate surface area is 121 Å². The SMILES string of the molecule is CCNCC(=O)NCC(c1ccccc1)N1CCCC1. The van der Waals surface area contributed by atoms with E-state index in [1.165, 1.54) is 18.4 Å². The van der Waals surface area contributed by atoms with Crippen LogP contribution in [0.4, 0.5) is 0 Å². The van der Waals surface area contributed by atoms with Crippen molar-refractivity contribution >= 4 is 5.91 Å². The quantitative estimate of drug-likeness (QED) is 0.793. The van der Waals surface area contributed by atoms with Gasteiger partial charge in [-0.05, 0) is 38.0 Å². The van der Waals surface area contributed by atoms with E-state index < -0.39 is 0 Å². The zero-order chi connectivity index (χ0) is 14.2. The number of nitrogens with one attached hydrogen (secondary N) is 2. The van der Waals surface area contributed by atoms with Crippen LogP contribution >= 0.6 is 0 Å². The molecule has 2 rings (SSSR count). The van der Waals surface area contributed by atoms with Gasteiger partial charge in [0.1, 0.15) is 0 Å². The highest BCUT2D eigenvalue weighted by Crippen LogP contribution is 2.24. The second kappa shape index (κ2) is 8.02. The Kier molecular flexibility index (Phi) is 6.02. The van der Waals surface area contributed by atoms with Crippen LogP contribution < -0.4 is 10.6 Å². The summed E-state index contributed by atoms with van der Waals surface area (Å²) in [7, 11) is 0. The van der Waals surface area contributed by atoms with Gasteiger partial charge >= 0.3 is 0 Å². The van der Waals surface area contributed by atoms with Gasteiger partial charge in [-0.15, -0.1) is 0 Å². The van der Waals surface area contributed by atoms with Crippen LogP contribution in [0.3, 0.4) is 0 Å². The molecule has 1 aromatic carbocycles. The highest BCUT2D eigenvalue weighted by atomic mass is 16.1. The van der Waals surface area contributed by atoms with E-state index in [2.05, 4.69) is 39.8 Å². The molecule has 0 saturated carbocycles. The van der Waals surface area contributed by atoms with Crippen molar-refractivity contribution in [1.29, 1.82) is 0 Å². The molecule has 0 bridgehead atoms. The number of hydrogen-bond acceptors (Lipinski definition) is 3. The van der Waals surface area contributed by atoms with Crippen molar-refractivity contribution in [2.75, 3.05) is 32.7 Å². The van der Waals surface area contributed by atoms with Crippen molar-refractivity contribution in [3.05, 3.63) is 35.9 Å². The minimum Gasteiger partial charge on any atom is -0.353 e. The molecular weight excluding hydrogens is 250 g/mol. The van der Waals surface area contributed by atoms with Crippen molar-refractivity contribution in [3.63, 3.8) is 0 Å². The fourth-order valence-corrected chi connectivity index (χ4v) is 2.70. The van der Waals surface area contributed by atoms with Crippen LogP contribution in [0.5, 0.6) is 0 Å². The minimum absolute atomic E-state index is 0.0759. The summed E-state index contributed by atoms with van der Waals surface area (Å²) in [6.45, 7) is 6.17. The first-order chi connectivity index (χ1) is 9.81. The summed E-state index contributed by atoms with van der Waals surface area (Å²) in [5.74, 6) is 0.0759. The van der Waals surface area contributed by atoms with Crippen LogP contribution in [-0.4, -0.2) is 43.5 Å². The number of likely N-dealkylation sites (tertiary alicyclic amines) is 1. The molecule has 1 unspecified atom stereocenters. The molecule has 1 fully saturated rings. The van der Waals surface area contributed by atoms with E-state index in [9.17, 15) is 4.79 Å². The Morgan fingerprint density at radius 2 is 1.95 bits per heavy atom. The Balaban J connectivity index is 1.95. The van der Waals surface area contributed by atoms with Gasteiger partial charge in [0.05, 0.1) is 12.6 Å². The van der Waals surface area contributed by atoms with E-state index in [-0.39, 0.29) is 5.91 Å². The number of hydrogen-bond donors (Lipinski definition) is 2. The number of carbonyl (C=O) groups excluding carboxylic acids is 1. The normalized spacial score (nSPS) is 17.1. The maximum atomic E-state index is 11.8. The summed E-state index contributed by atoms with van der Waals surface area (Å²) in [5, 5.41) is 6.11. The molecule has 4 nitrogen and oxygen atoms in total. The Morgan fingerprint density at radius 3 is 2.60 bits per heavy atom. The first-order valence-electron chi connectivity index (χ1n) is 7.57. The third kappa shape index (κ3) is 4.32. The van der Waals surface area contributed by atoms with Crippen molar-refractivity contribution < 1.29 is 4.79 Å². The lowest BCUT2D eigenvalue weighted by Gasteiger charge is -2.28. The van der Waals surface area contributed by atoms with Crippen molar-refractivity contribution in [1.82, 2.24) is 15.5 Å². The summed E-state index contributed by atoms with van der Waals surface area (Å²) in [6.07, 6.45) is 2.52.